The van der Waals surface area contributed by atoms with Gasteiger partial charge < -0.3 is 15.4 Å². The van der Waals surface area contributed by atoms with E-state index in [1.54, 1.807) is 48.5 Å². The maximum absolute atomic E-state index is 12.2. The molecule has 0 fully saturated rings. The zero-order valence-corrected chi connectivity index (χ0v) is 15.7. The molecule has 140 valence electrons. The summed E-state index contributed by atoms with van der Waals surface area (Å²) < 4.78 is 5.38. The molecule has 2 aromatic carbocycles. The van der Waals surface area contributed by atoms with Crippen molar-refractivity contribution in [2.24, 2.45) is 0 Å². The quantitative estimate of drug-likeness (QED) is 0.786. The fourth-order valence-electron chi connectivity index (χ4n) is 2.14. The van der Waals surface area contributed by atoms with Gasteiger partial charge >= 0.3 is 0 Å². The van der Waals surface area contributed by atoms with Gasteiger partial charge in [0.1, 0.15) is 5.75 Å². The normalized spacial score (nSPS) is 10.6. The number of amides is 2. The van der Waals surface area contributed by atoms with Crippen LogP contribution in [0.3, 0.4) is 0 Å². The Morgan fingerprint density at radius 1 is 1.07 bits per heavy atom. The molecule has 6 heteroatoms. The van der Waals surface area contributed by atoms with Crippen molar-refractivity contribution >= 4 is 17.5 Å². The molecule has 0 spiro atoms. The molecule has 0 saturated carbocycles. The zero-order chi connectivity index (χ0) is 19.9. The van der Waals surface area contributed by atoms with Crippen molar-refractivity contribution in [1.82, 2.24) is 5.32 Å². The third-order valence-corrected chi connectivity index (χ3v) is 4.12. The fourth-order valence-corrected chi connectivity index (χ4v) is 2.14. The van der Waals surface area contributed by atoms with Crippen LogP contribution in [0, 0.1) is 11.3 Å². The highest BCUT2D eigenvalue weighted by molar-refractivity contribution is 5.96. The summed E-state index contributed by atoms with van der Waals surface area (Å²) in [7, 11) is 0. The van der Waals surface area contributed by atoms with Crippen molar-refractivity contribution in [2.75, 3.05) is 11.9 Å². The summed E-state index contributed by atoms with van der Waals surface area (Å²) >= 11 is 0. The maximum Gasteiger partial charge on any atom is 0.262 e. The van der Waals surface area contributed by atoms with Gasteiger partial charge in [-0.15, -0.1) is 0 Å². The van der Waals surface area contributed by atoms with Gasteiger partial charge in [0.25, 0.3) is 11.8 Å². The van der Waals surface area contributed by atoms with Crippen LogP contribution in [0.25, 0.3) is 0 Å². The van der Waals surface area contributed by atoms with Crippen LogP contribution in [0.15, 0.2) is 48.5 Å². The Balaban J connectivity index is 1.87. The van der Waals surface area contributed by atoms with Crippen LogP contribution in [0.1, 0.15) is 43.1 Å². The molecule has 2 N–H and O–H groups in total. The van der Waals surface area contributed by atoms with Crippen molar-refractivity contribution in [1.29, 1.82) is 5.26 Å². The van der Waals surface area contributed by atoms with E-state index < -0.39 is 0 Å². The van der Waals surface area contributed by atoms with E-state index in [9.17, 15) is 9.59 Å². The van der Waals surface area contributed by atoms with Gasteiger partial charge in [-0.05, 0) is 68.8 Å². The number of hydrogen-bond donors (Lipinski definition) is 2. The summed E-state index contributed by atoms with van der Waals surface area (Å²) in [5, 5.41) is 14.4. The van der Waals surface area contributed by atoms with Crippen LogP contribution in [-0.4, -0.2) is 24.0 Å². The van der Waals surface area contributed by atoms with Crippen LogP contribution in [0.5, 0.6) is 5.75 Å². The molecule has 0 heterocycles. The van der Waals surface area contributed by atoms with Crippen molar-refractivity contribution in [3.05, 3.63) is 59.7 Å². The van der Waals surface area contributed by atoms with E-state index in [-0.39, 0.29) is 24.0 Å². The maximum atomic E-state index is 12.2. The number of nitriles is 1. The Kier molecular flexibility index (Phi) is 6.56. The third-order valence-electron chi connectivity index (χ3n) is 4.12. The Bertz CT molecular complexity index is 834. The first kappa shape index (κ1) is 20.0. The van der Waals surface area contributed by atoms with Crippen molar-refractivity contribution in [3.63, 3.8) is 0 Å². The molecule has 0 aliphatic heterocycles. The number of carbonyl (C=O) groups is 2. The molecular formula is C21H23N3O3. The number of ether oxygens (including phenoxy) is 1. The molecule has 2 rings (SSSR count). The lowest BCUT2D eigenvalue weighted by Crippen LogP contribution is -2.42. The molecular weight excluding hydrogens is 342 g/mol. The molecule has 0 saturated heterocycles. The van der Waals surface area contributed by atoms with Gasteiger partial charge in [-0.2, -0.15) is 5.26 Å². The predicted molar refractivity (Wildman–Crippen MR) is 104 cm³/mol. The molecule has 0 aromatic heterocycles. The summed E-state index contributed by atoms with van der Waals surface area (Å²) in [5.41, 5.74) is 1.36. The molecule has 0 aliphatic rings. The van der Waals surface area contributed by atoms with E-state index in [4.69, 9.17) is 10.00 Å². The van der Waals surface area contributed by atoms with Crippen molar-refractivity contribution in [3.8, 4) is 11.8 Å². The summed E-state index contributed by atoms with van der Waals surface area (Å²) in [6, 6.07) is 15.2. The number of benzene rings is 2. The molecule has 27 heavy (non-hydrogen) atoms. The SMILES string of the molecule is CCC(C)(C)NC(=O)c1ccc(NC(=O)COc2ccc(C#N)cc2)cc1. The predicted octanol–water partition coefficient (Wildman–Crippen LogP) is 3.49. The van der Waals surface area contributed by atoms with E-state index >= 15 is 0 Å². The van der Waals surface area contributed by atoms with Crippen LogP contribution < -0.4 is 15.4 Å². The van der Waals surface area contributed by atoms with Crippen molar-refractivity contribution in [2.45, 2.75) is 32.7 Å². The molecule has 6 nitrogen and oxygen atoms in total. The summed E-state index contributed by atoms with van der Waals surface area (Å²) in [6.45, 7) is 5.79. The van der Waals surface area contributed by atoms with Gasteiger partial charge in [0.2, 0.25) is 0 Å². The lowest BCUT2D eigenvalue weighted by Gasteiger charge is -2.24. The zero-order valence-electron chi connectivity index (χ0n) is 15.7. The number of anilines is 1. The fraction of sp³-hybridized carbons (Fsp3) is 0.286. The minimum Gasteiger partial charge on any atom is -0.484 e. The largest absolute Gasteiger partial charge is 0.484 e. The third kappa shape index (κ3) is 6.15. The van der Waals surface area contributed by atoms with Crippen molar-refractivity contribution < 1.29 is 14.3 Å². The molecule has 0 unspecified atom stereocenters. The molecule has 0 aliphatic carbocycles. The number of hydrogen-bond acceptors (Lipinski definition) is 4. The summed E-state index contributed by atoms with van der Waals surface area (Å²) in [4.78, 5) is 24.2. The highest BCUT2D eigenvalue weighted by Gasteiger charge is 2.18. The Labute approximate surface area is 159 Å². The Morgan fingerprint density at radius 2 is 1.70 bits per heavy atom. The Morgan fingerprint density at radius 3 is 2.26 bits per heavy atom. The number of carbonyl (C=O) groups excluding carboxylic acids is 2. The summed E-state index contributed by atoms with van der Waals surface area (Å²) in [6.07, 6.45) is 0.826. The molecule has 0 atom stereocenters. The molecule has 0 bridgehead atoms. The highest BCUT2D eigenvalue weighted by Crippen LogP contribution is 2.14. The van der Waals surface area contributed by atoms with Crippen LogP contribution in [-0.2, 0) is 4.79 Å². The first-order chi connectivity index (χ1) is 12.8. The number of nitrogens with one attached hydrogen (secondary N) is 2. The smallest absolute Gasteiger partial charge is 0.262 e. The van der Waals surface area contributed by atoms with Crippen LogP contribution >= 0.6 is 0 Å². The number of nitrogens with zero attached hydrogens (tertiary/aromatic N) is 1. The lowest BCUT2D eigenvalue weighted by molar-refractivity contribution is -0.118. The second-order valence-corrected chi connectivity index (χ2v) is 6.74. The van der Waals surface area contributed by atoms with E-state index in [2.05, 4.69) is 10.6 Å². The second kappa shape index (κ2) is 8.86. The van der Waals surface area contributed by atoms with Gasteiger partial charge in [0.05, 0.1) is 11.6 Å². The number of rotatable bonds is 7. The summed E-state index contributed by atoms with van der Waals surface area (Å²) in [5.74, 6) is 0.0438. The van der Waals surface area contributed by atoms with Gasteiger partial charge in [0, 0.05) is 16.8 Å². The van der Waals surface area contributed by atoms with Gasteiger partial charge in [-0.3, -0.25) is 9.59 Å². The minimum atomic E-state index is -0.316. The van der Waals surface area contributed by atoms with Gasteiger partial charge in [-0.25, -0.2) is 0 Å². The van der Waals surface area contributed by atoms with Gasteiger partial charge in [0.15, 0.2) is 6.61 Å². The minimum absolute atomic E-state index is 0.149. The average molecular weight is 365 g/mol. The molecule has 2 aromatic rings. The van der Waals surface area contributed by atoms with Crippen LogP contribution in [0.4, 0.5) is 5.69 Å². The second-order valence-electron chi connectivity index (χ2n) is 6.74. The standard InChI is InChI=1S/C21H23N3O3/c1-4-21(2,3)24-20(26)16-7-9-17(10-8-16)23-19(25)14-27-18-11-5-15(13-22)6-12-18/h5-12H,4,14H2,1-3H3,(H,23,25)(H,24,26). The van der Waals surface area contributed by atoms with E-state index in [0.717, 1.165) is 6.42 Å². The highest BCUT2D eigenvalue weighted by atomic mass is 16.5. The van der Waals surface area contributed by atoms with E-state index in [0.29, 0.717) is 22.6 Å². The van der Waals surface area contributed by atoms with E-state index in [1.165, 1.54) is 0 Å². The topological polar surface area (TPSA) is 91.2 Å². The monoisotopic (exact) mass is 365 g/mol. The Hall–Kier alpha value is -3.33. The lowest BCUT2D eigenvalue weighted by atomic mass is 10.0. The van der Waals surface area contributed by atoms with Crippen LogP contribution in [0.2, 0.25) is 0 Å². The molecule has 2 amide bonds. The first-order valence-corrected chi connectivity index (χ1v) is 8.68. The average Bonchev–Trinajstić information content (AvgIpc) is 2.67. The molecule has 0 radical (unpaired) electrons. The van der Waals surface area contributed by atoms with Gasteiger partial charge in [-0.1, -0.05) is 6.92 Å². The van der Waals surface area contributed by atoms with E-state index in [1.807, 2.05) is 26.8 Å². The first-order valence-electron chi connectivity index (χ1n) is 8.68.